The van der Waals surface area contributed by atoms with Crippen molar-refractivity contribution < 1.29 is 32.6 Å². The molecule has 1 spiro atoms. The molecule has 2 aromatic carbocycles. The largest absolute Gasteiger partial charge is 0.384 e. The monoisotopic (exact) mass is 597 g/mol. The van der Waals surface area contributed by atoms with Crippen LogP contribution in [0.2, 0.25) is 0 Å². The number of halogens is 2. The predicted molar refractivity (Wildman–Crippen MR) is 151 cm³/mol. The molecule has 3 amide bonds. The SMILES string of the molecule is C[C@@H](NC(=O)[C@@H]1CC2(CN1C(=O)CNC(=O)c1ccc(-c3ccc(F)cc3)c(F)c1)OCCO2)c1cc(C(=N)N)cs1. The number of hydrogen-bond acceptors (Lipinski definition) is 7. The van der Waals surface area contributed by atoms with Crippen LogP contribution in [0.1, 0.15) is 40.2 Å². The molecule has 2 aliphatic rings. The molecule has 0 radical (unpaired) electrons. The fourth-order valence-electron chi connectivity index (χ4n) is 5.02. The molecule has 10 nitrogen and oxygen atoms in total. The van der Waals surface area contributed by atoms with E-state index in [1.807, 2.05) is 0 Å². The van der Waals surface area contributed by atoms with Crippen molar-refractivity contribution >= 4 is 34.9 Å². The molecule has 3 aromatic rings. The van der Waals surface area contributed by atoms with Crippen molar-refractivity contribution in [2.24, 2.45) is 5.73 Å². The number of carbonyl (C=O) groups excluding carboxylic acids is 3. The highest BCUT2D eigenvalue weighted by Crippen LogP contribution is 2.35. The summed E-state index contributed by atoms with van der Waals surface area (Å²) in [7, 11) is 0. The van der Waals surface area contributed by atoms with Crippen molar-refractivity contribution in [1.29, 1.82) is 5.41 Å². The van der Waals surface area contributed by atoms with Gasteiger partial charge in [0.1, 0.15) is 23.5 Å². The van der Waals surface area contributed by atoms with Crippen LogP contribution in [0.3, 0.4) is 0 Å². The molecule has 0 unspecified atom stereocenters. The van der Waals surface area contributed by atoms with Crippen LogP contribution in [0.25, 0.3) is 11.1 Å². The zero-order chi connectivity index (χ0) is 30.0. The van der Waals surface area contributed by atoms with Gasteiger partial charge in [-0.3, -0.25) is 19.8 Å². The number of nitrogens with one attached hydrogen (secondary N) is 3. The first kappa shape index (κ1) is 29.3. The van der Waals surface area contributed by atoms with Crippen molar-refractivity contribution in [3.8, 4) is 11.1 Å². The second-order valence-corrected chi connectivity index (χ2v) is 11.1. The number of rotatable bonds is 8. The normalized spacial score (nSPS) is 18.2. The summed E-state index contributed by atoms with van der Waals surface area (Å²) in [4.78, 5) is 41.5. The standard InChI is InChI=1S/C29H29F2N5O5S/c1-16(24-11-19(14-42-24)26(32)33)35-28(39)23-12-29(40-8-9-41-29)15-36(23)25(37)13-34-27(38)18-4-7-21(22(31)10-18)17-2-5-20(30)6-3-17/h2-7,10-11,14,16,23H,8-9,12-13,15H2,1H3,(H3,32,33)(H,34,38)(H,35,39)/t16-,23+/m1/s1. The van der Waals surface area contributed by atoms with Gasteiger partial charge in [0.05, 0.1) is 32.3 Å². The Hall–Kier alpha value is -4.20. The number of hydrogen-bond donors (Lipinski definition) is 4. The highest BCUT2D eigenvalue weighted by molar-refractivity contribution is 7.10. The van der Waals surface area contributed by atoms with Gasteiger partial charge in [0, 0.05) is 33.4 Å². The van der Waals surface area contributed by atoms with Crippen LogP contribution in [-0.4, -0.2) is 66.6 Å². The number of ether oxygens (including phenoxy) is 2. The second-order valence-electron chi connectivity index (χ2n) is 10.1. The maximum absolute atomic E-state index is 14.8. The summed E-state index contributed by atoms with van der Waals surface area (Å²) in [6.45, 7) is 2.00. The molecule has 2 aliphatic heterocycles. The highest BCUT2D eigenvalue weighted by Gasteiger charge is 2.52. The predicted octanol–water partition coefficient (Wildman–Crippen LogP) is 2.93. The average molecular weight is 598 g/mol. The van der Waals surface area contributed by atoms with Gasteiger partial charge in [-0.25, -0.2) is 8.78 Å². The molecule has 2 atom stereocenters. The molecule has 5 N–H and O–H groups in total. The summed E-state index contributed by atoms with van der Waals surface area (Å²) in [5, 5.41) is 14.7. The maximum Gasteiger partial charge on any atom is 0.251 e. The summed E-state index contributed by atoms with van der Waals surface area (Å²) in [6, 6.07) is 9.55. The first-order valence-corrected chi connectivity index (χ1v) is 14.1. The number of amides is 3. The van der Waals surface area contributed by atoms with Crippen LogP contribution in [-0.2, 0) is 19.1 Å². The number of nitrogens with zero attached hydrogens (tertiary/aromatic N) is 1. The molecular weight excluding hydrogens is 568 g/mol. The Kier molecular flexibility index (Phi) is 8.34. The van der Waals surface area contributed by atoms with Crippen LogP contribution < -0.4 is 16.4 Å². The average Bonchev–Trinajstić information content (AvgIpc) is 3.73. The van der Waals surface area contributed by atoms with Gasteiger partial charge in [0.25, 0.3) is 5.91 Å². The van der Waals surface area contributed by atoms with Gasteiger partial charge in [0.15, 0.2) is 5.79 Å². The fraction of sp³-hybridized carbons (Fsp3) is 0.310. The molecule has 0 saturated carbocycles. The summed E-state index contributed by atoms with van der Waals surface area (Å²) in [5.74, 6) is -3.95. The number of benzene rings is 2. The minimum Gasteiger partial charge on any atom is -0.384 e. The zero-order valence-corrected chi connectivity index (χ0v) is 23.4. The van der Waals surface area contributed by atoms with Crippen molar-refractivity contribution in [3.05, 3.63) is 81.5 Å². The molecule has 13 heteroatoms. The van der Waals surface area contributed by atoms with Gasteiger partial charge in [0.2, 0.25) is 11.8 Å². The number of carbonyl (C=O) groups is 3. The van der Waals surface area contributed by atoms with E-state index in [0.29, 0.717) is 24.3 Å². The van der Waals surface area contributed by atoms with Gasteiger partial charge in [-0.15, -0.1) is 11.3 Å². The fourth-order valence-corrected chi connectivity index (χ4v) is 5.94. The molecule has 1 aromatic heterocycles. The van der Waals surface area contributed by atoms with Gasteiger partial charge in [-0.05, 0) is 42.8 Å². The summed E-state index contributed by atoms with van der Waals surface area (Å²) >= 11 is 1.35. The first-order valence-electron chi connectivity index (χ1n) is 13.2. The van der Waals surface area contributed by atoms with Gasteiger partial charge in [-0.1, -0.05) is 18.2 Å². The lowest BCUT2D eigenvalue weighted by Gasteiger charge is -2.25. The van der Waals surface area contributed by atoms with Crippen molar-refractivity contribution in [1.82, 2.24) is 15.5 Å². The van der Waals surface area contributed by atoms with Crippen molar-refractivity contribution in [2.45, 2.75) is 31.2 Å². The second kappa shape index (κ2) is 12.0. The third kappa shape index (κ3) is 6.17. The zero-order valence-electron chi connectivity index (χ0n) is 22.6. The minimum atomic E-state index is -1.12. The highest BCUT2D eigenvalue weighted by atomic mass is 32.1. The lowest BCUT2D eigenvalue weighted by Crippen LogP contribution is -2.49. The molecule has 5 rings (SSSR count). The van der Waals surface area contributed by atoms with Crippen LogP contribution >= 0.6 is 11.3 Å². The summed E-state index contributed by atoms with van der Waals surface area (Å²) < 4.78 is 39.5. The van der Waals surface area contributed by atoms with Crippen LogP contribution in [0.15, 0.2) is 53.9 Å². The molecule has 2 saturated heterocycles. The topological polar surface area (TPSA) is 147 Å². The molecule has 220 valence electrons. The van der Waals surface area contributed by atoms with Crippen molar-refractivity contribution in [2.75, 3.05) is 26.3 Å². The van der Waals surface area contributed by atoms with Crippen molar-refractivity contribution in [3.63, 3.8) is 0 Å². The van der Waals surface area contributed by atoms with E-state index in [-0.39, 0.29) is 29.9 Å². The summed E-state index contributed by atoms with van der Waals surface area (Å²) in [5.41, 5.74) is 6.75. The van der Waals surface area contributed by atoms with E-state index in [9.17, 15) is 23.2 Å². The maximum atomic E-state index is 14.8. The molecule has 0 aliphatic carbocycles. The molecule has 0 bridgehead atoms. The Labute approximate surface area is 244 Å². The van der Waals surface area contributed by atoms with E-state index in [1.54, 1.807) is 18.4 Å². The van der Waals surface area contributed by atoms with E-state index in [2.05, 4.69) is 10.6 Å². The molecule has 2 fully saturated rings. The van der Waals surface area contributed by atoms with Gasteiger partial charge < -0.3 is 30.7 Å². The Morgan fingerprint density at radius 3 is 2.48 bits per heavy atom. The lowest BCUT2D eigenvalue weighted by molar-refractivity contribution is -0.152. The van der Waals surface area contributed by atoms with E-state index < -0.39 is 53.8 Å². The quantitative estimate of drug-likeness (QED) is 0.232. The number of nitrogens with two attached hydrogens (primary N) is 1. The molecule has 42 heavy (non-hydrogen) atoms. The number of likely N-dealkylation sites (tertiary alicyclic amines) is 1. The van der Waals surface area contributed by atoms with E-state index >= 15 is 0 Å². The number of nitrogen functional groups attached to an aromatic ring is 1. The van der Waals surface area contributed by atoms with E-state index in [0.717, 1.165) is 10.9 Å². The van der Waals surface area contributed by atoms with Gasteiger partial charge >= 0.3 is 0 Å². The summed E-state index contributed by atoms with van der Waals surface area (Å²) in [6.07, 6.45) is 0.116. The molecule has 3 heterocycles. The van der Waals surface area contributed by atoms with Crippen LogP contribution in [0, 0.1) is 17.0 Å². The Bertz CT molecular complexity index is 1520. The smallest absolute Gasteiger partial charge is 0.251 e. The van der Waals surface area contributed by atoms with Crippen LogP contribution in [0.5, 0.6) is 0 Å². The van der Waals surface area contributed by atoms with Crippen LogP contribution in [0.4, 0.5) is 8.78 Å². The Balaban J connectivity index is 1.24. The Morgan fingerprint density at radius 1 is 1.12 bits per heavy atom. The lowest BCUT2D eigenvalue weighted by atomic mass is 10.0. The number of thiophene rings is 1. The minimum absolute atomic E-state index is 0.00263. The number of amidine groups is 1. The third-order valence-electron chi connectivity index (χ3n) is 7.23. The molecular formula is C29H29F2N5O5S. The Morgan fingerprint density at radius 2 is 1.83 bits per heavy atom. The third-order valence-corrected chi connectivity index (χ3v) is 8.35. The first-order chi connectivity index (χ1) is 20.0. The van der Waals surface area contributed by atoms with Gasteiger partial charge in [-0.2, -0.15) is 0 Å². The van der Waals surface area contributed by atoms with E-state index in [1.165, 1.54) is 52.6 Å². The van der Waals surface area contributed by atoms with E-state index in [4.69, 9.17) is 20.6 Å².